The van der Waals surface area contributed by atoms with Crippen LogP contribution in [0.15, 0.2) is 97.2 Å². The second-order valence-electron chi connectivity index (χ2n) is 17.3. The summed E-state index contributed by atoms with van der Waals surface area (Å²) >= 11 is 0. The Bertz CT molecular complexity index is 1350. The summed E-state index contributed by atoms with van der Waals surface area (Å²) < 4.78 is 17.2. The molecule has 0 aromatic carbocycles. The minimum Gasteiger partial charge on any atom is -0.544 e. The van der Waals surface area contributed by atoms with Gasteiger partial charge >= 0.3 is 11.9 Å². The second kappa shape index (κ2) is 44.8. The predicted molar refractivity (Wildman–Crippen MR) is 263 cm³/mol. The third kappa shape index (κ3) is 43.3. The number of likely N-dealkylation sites (N-methyl/N-ethyl adjacent to an activating group) is 1. The molecule has 0 amide bonds. The molecule has 63 heavy (non-hydrogen) atoms. The Kier molecular flexibility index (Phi) is 42.2. The molecule has 0 saturated carbocycles. The van der Waals surface area contributed by atoms with Gasteiger partial charge in [-0.05, 0) is 89.9 Å². The van der Waals surface area contributed by atoms with Crippen molar-refractivity contribution in [2.75, 3.05) is 41.0 Å². The number of ether oxygens (including phenoxy) is 3. The van der Waals surface area contributed by atoms with E-state index in [0.29, 0.717) is 12.8 Å². The molecule has 0 aliphatic heterocycles. The van der Waals surface area contributed by atoms with Gasteiger partial charge < -0.3 is 28.6 Å². The van der Waals surface area contributed by atoms with Gasteiger partial charge in [0.05, 0.1) is 40.3 Å². The first-order valence-corrected chi connectivity index (χ1v) is 24.8. The largest absolute Gasteiger partial charge is 0.544 e. The molecule has 0 N–H and O–H groups in total. The lowest BCUT2D eigenvalue weighted by Gasteiger charge is -2.34. The van der Waals surface area contributed by atoms with Crippen molar-refractivity contribution in [2.24, 2.45) is 0 Å². The number of nitrogens with zero attached hydrogens (tertiary/aromatic N) is 1. The standard InChI is InChI=1S/C55H91NO7/c1-6-8-10-12-14-16-18-20-22-24-25-26-27-28-29-30-32-34-36-38-40-42-44-46-54(58)63-51(49-61-48-47-52(55(59)60)56(3,4)5)50-62-53(57)45-43-41-39-37-35-33-31-23-21-19-17-15-13-11-9-7-2/h8-11,14-17,20-23,25-26,28-29,51-52H,6-7,12-13,18-19,24,27,30-50H2,1-5H3/b10-8+,11-9+,16-14+,17-15+,22-20+,23-21+,26-25+,29-28+. The number of carbonyl (C=O) groups is 3. The minimum absolute atomic E-state index is 0.0259. The van der Waals surface area contributed by atoms with Crippen molar-refractivity contribution in [3.8, 4) is 0 Å². The van der Waals surface area contributed by atoms with Crippen LogP contribution in [-0.2, 0) is 28.6 Å². The summed E-state index contributed by atoms with van der Waals surface area (Å²) in [6, 6.07) is -0.736. The summed E-state index contributed by atoms with van der Waals surface area (Å²) in [6.07, 6.45) is 60.0. The zero-order valence-corrected chi connectivity index (χ0v) is 40.7. The molecule has 0 aliphatic carbocycles. The lowest BCUT2D eigenvalue weighted by Crippen LogP contribution is -2.55. The monoisotopic (exact) mass is 878 g/mol. The van der Waals surface area contributed by atoms with E-state index in [9.17, 15) is 19.5 Å². The van der Waals surface area contributed by atoms with Gasteiger partial charge in [-0.15, -0.1) is 0 Å². The predicted octanol–water partition coefficient (Wildman–Crippen LogP) is 12.9. The van der Waals surface area contributed by atoms with E-state index in [0.717, 1.165) is 116 Å². The lowest BCUT2D eigenvalue weighted by molar-refractivity contribution is -0.889. The van der Waals surface area contributed by atoms with Crippen LogP contribution in [0.3, 0.4) is 0 Å². The number of unbranched alkanes of at least 4 members (excludes halogenated alkanes) is 13. The van der Waals surface area contributed by atoms with E-state index >= 15 is 0 Å². The van der Waals surface area contributed by atoms with Crippen LogP contribution in [-0.4, -0.2) is 75.5 Å². The zero-order chi connectivity index (χ0) is 46.3. The third-order valence-electron chi connectivity index (χ3n) is 10.5. The highest BCUT2D eigenvalue weighted by Gasteiger charge is 2.25. The van der Waals surface area contributed by atoms with Gasteiger partial charge in [-0.3, -0.25) is 9.59 Å². The Labute approximate surface area is 386 Å². The van der Waals surface area contributed by atoms with Crippen molar-refractivity contribution >= 4 is 17.9 Å². The summed E-state index contributed by atoms with van der Waals surface area (Å²) in [6.45, 7) is 4.40. The maximum absolute atomic E-state index is 12.8. The van der Waals surface area contributed by atoms with Crippen LogP contribution in [0.2, 0.25) is 0 Å². The molecule has 8 nitrogen and oxygen atoms in total. The van der Waals surface area contributed by atoms with Crippen LogP contribution < -0.4 is 5.11 Å². The number of hydrogen-bond donors (Lipinski definition) is 0. The van der Waals surface area contributed by atoms with Crippen LogP contribution >= 0.6 is 0 Å². The average Bonchev–Trinajstić information content (AvgIpc) is 3.24. The van der Waals surface area contributed by atoms with Crippen molar-refractivity contribution in [2.45, 2.75) is 193 Å². The molecular weight excluding hydrogens is 787 g/mol. The summed E-state index contributed by atoms with van der Waals surface area (Å²) in [5.41, 5.74) is 0. The number of esters is 2. The number of quaternary nitrogens is 1. The van der Waals surface area contributed by atoms with Gasteiger partial charge in [0.15, 0.2) is 6.10 Å². The van der Waals surface area contributed by atoms with Crippen LogP contribution in [0.4, 0.5) is 0 Å². The highest BCUT2D eigenvalue weighted by Crippen LogP contribution is 2.14. The highest BCUT2D eigenvalue weighted by molar-refractivity contribution is 5.70. The molecule has 2 atom stereocenters. The van der Waals surface area contributed by atoms with Gasteiger partial charge in [0.25, 0.3) is 0 Å². The van der Waals surface area contributed by atoms with Gasteiger partial charge in [-0.25, -0.2) is 0 Å². The number of carboxylic acid groups (broad SMARTS) is 1. The summed E-state index contributed by atoms with van der Waals surface area (Å²) in [5.74, 6) is -1.78. The number of carboxylic acids is 1. The van der Waals surface area contributed by atoms with Gasteiger partial charge in [-0.2, -0.15) is 0 Å². The minimum atomic E-state index is -1.13. The fourth-order valence-electron chi connectivity index (χ4n) is 6.70. The van der Waals surface area contributed by atoms with Crippen LogP contribution in [0.5, 0.6) is 0 Å². The van der Waals surface area contributed by atoms with Crippen LogP contribution in [0, 0.1) is 0 Å². The quantitative estimate of drug-likeness (QED) is 0.0260. The SMILES string of the molecule is CC/C=C/C/C=C/C/C=C/C/C=C/C/C=C/CCCCCCCCCC(=O)OC(COCCC(C(=O)[O-])[N+](C)(C)C)COC(=O)CCCCCCCC/C=C/C/C=C/C/C=C/CC. The zero-order valence-electron chi connectivity index (χ0n) is 40.7. The summed E-state index contributed by atoms with van der Waals surface area (Å²) in [4.78, 5) is 37.0. The fraction of sp³-hybridized carbons (Fsp3) is 0.655. The molecule has 0 bridgehead atoms. The van der Waals surface area contributed by atoms with Crippen molar-refractivity contribution in [1.29, 1.82) is 0 Å². The first-order valence-electron chi connectivity index (χ1n) is 24.8. The molecule has 8 heteroatoms. The number of allylic oxidation sites excluding steroid dienone is 16. The normalized spacial score (nSPS) is 13.7. The van der Waals surface area contributed by atoms with E-state index in [2.05, 4.69) is 111 Å². The van der Waals surface area contributed by atoms with Gasteiger partial charge in [0.1, 0.15) is 12.6 Å². The Morgan fingerprint density at radius 2 is 0.841 bits per heavy atom. The summed E-state index contributed by atoms with van der Waals surface area (Å²) in [5, 5.41) is 11.7. The summed E-state index contributed by atoms with van der Waals surface area (Å²) in [7, 11) is 5.40. The molecule has 0 rings (SSSR count). The Morgan fingerprint density at radius 1 is 0.476 bits per heavy atom. The van der Waals surface area contributed by atoms with Crippen molar-refractivity contribution in [3.63, 3.8) is 0 Å². The van der Waals surface area contributed by atoms with Gasteiger partial charge in [0, 0.05) is 19.3 Å². The van der Waals surface area contributed by atoms with E-state index in [-0.39, 0.29) is 42.7 Å². The molecule has 2 unspecified atom stereocenters. The van der Waals surface area contributed by atoms with Crippen molar-refractivity contribution in [1.82, 2.24) is 0 Å². The van der Waals surface area contributed by atoms with Crippen LogP contribution in [0.25, 0.3) is 0 Å². The molecule has 0 spiro atoms. The molecule has 358 valence electrons. The first-order chi connectivity index (χ1) is 30.6. The molecule has 0 heterocycles. The van der Waals surface area contributed by atoms with Gasteiger partial charge in [0.2, 0.25) is 0 Å². The smallest absolute Gasteiger partial charge is 0.306 e. The van der Waals surface area contributed by atoms with Crippen molar-refractivity contribution in [3.05, 3.63) is 97.2 Å². The lowest BCUT2D eigenvalue weighted by atomic mass is 10.1. The third-order valence-corrected chi connectivity index (χ3v) is 10.5. The molecule has 0 aromatic rings. The van der Waals surface area contributed by atoms with E-state index in [1.54, 1.807) is 21.1 Å². The molecule has 0 aliphatic rings. The average molecular weight is 878 g/mol. The molecule has 0 saturated heterocycles. The number of rotatable bonds is 43. The maximum Gasteiger partial charge on any atom is 0.306 e. The Morgan fingerprint density at radius 3 is 1.24 bits per heavy atom. The van der Waals surface area contributed by atoms with E-state index in [1.165, 1.54) is 32.1 Å². The molecule has 0 radical (unpaired) electrons. The van der Waals surface area contributed by atoms with Gasteiger partial charge in [-0.1, -0.05) is 169 Å². The van der Waals surface area contributed by atoms with Crippen molar-refractivity contribution < 1.29 is 38.2 Å². The van der Waals surface area contributed by atoms with E-state index in [1.807, 2.05) is 0 Å². The number of carbonyl (C=O) groups excluding carboxylic acids is 3. The molecular formula is C55H91NO7. The Hall–Kier alpha value is -3.75. The first kappa shape index (κ1) is 59.2. The highest BCUT2D eigenvalue weighted by atomic mass is 16.6. The number of hydrogen-bond acceptors (Lipinski definition) is 7. The van der Waals surface area contributed by atoms with Crippen LogP contribution in [0.1, 0.15) is 181 Å². The maximum atomic E-state index is 12.8. The molecule has 0 aromatic heterocycles. The van der Waals surface area contributed by atoms with E-state index in [4.69, 9.17) is 14.2 Å². The van der Waals surface area contributed by atoms with E-state index < -0.39 is 18.1 Å². The number of aliphatic carboxylic acids is 1. The second-order valence-corrected chi connectivity index (χ2v) is 17.3. The Balaban J connectivity index is 4.32. The molecule has 0 fully saturated rings. The fourth-order valence-corrected chi connectivity index (χ4v) is 6.70. The topological polar surface area (TPSA) is 102 Å².